The first-order valence-electron chi connectivity index (χ1n) is 20.7. The second-order valence-corrected chi connectivity index (χ2v) is 14.3. The van der Waals surface area contributed by atoms with Crippen LogP contribution in [0.25, 0.3) is 12.2 Å². The monoisotopic (exact) mass is 647 g/mol. The molecule has 0 radical (unpaired) electrons. The Morgan fingerprint density at radius 2 is 0.745 bits per heavy atom. The van der Waals surface area contributed by atoms with E-state index in [2.05, 4.69) is 79.4 Å². The molecule has 0 aliphatic rings. The third-order valence-electron chi connectivity index (χ3n) is 9.80. The summed E-state index contributed by atoms with van der Waals surface area (Å²) >= 11 is 0. The lowest BCUT2D eigenvalue weighted by Crippen LogP contribution is -2.32. The number of aryl methyl sites for hydroxylation is 1. The molecule has 0 atom stereocenters. The molecule has 0 N–H and O–H groups in total. The number of ether oxygens (including phenoxy) is 1. The summed E-state index contributed by atoms with van der Waals surface area (Å²) < 4.78 is 8.34. The highest BCUT2D eigenvalue weighted by Gasteiger charge is 2.01. The molecule has 266 valence electrons. The maximum absolute atomic E-state index is 6.02. The van der Waals surface area contributed by atoms with Crippen LogP contribution in [0.5, 0.6) is 5.75 Å². The number of aromatic nitrogens is 1. The van der Waals surface area contributed by atoms with Crippen LogP contribution in [0.2, 0.25) is 0 Å². The van der Waals surface area contributed by atoms with Crippen molar-refractivity contribution in [2.24, 2.45) is 0 Å². The Bertz CT molecular complexity index is 947. The van der Waals surface area contributed by atoms with E-state index in [9.17, 15) is 0 Å². The van der Waals surface area contributed by atoms with Crippen LogP contribution in [0, 0.1) is 0 Å². The quantitative estimate of drug-likeness (QED) is 0.0555. The molecule has 0 spiro atoms. The van der Waals surface area contributed by atoms with Gasteiger partial charge in [-0.25, -0.2) is 4.57 Å². The largest absolute Gasteiger partial charge is 0.494 e. The van der Waals surface area contributed by atoms with Crippen molar-refractivity contribution in [1.82, 2.24) is 0 Å². The summed E-state index contributed by atoms with van der Waals surface area (Å²) in [6, 6.07) is 13.0. The molecule has 0 amide bonds. The van der Waals surface area contributed by atoms with E-state index in [-0.39, 0.29) is 0 Å². The standard InChI is InChI=1S/C45H76NO/c1-3-5-7-9-11-13-14-15-16-17-18-19-20-21-22-23-24-26-28-30-42-47-45-35-33-43(34-36-45)31-32-44-37-40-46(41-38-44)39-29-27-25-12-10-8-6-4-2/h31-38,40-41H,3-30,39,42H2,1-2H3/q+1. The maximum Gasteiger partial charge on any atom is 0.169 e. The molecule has 0 fully saturated rings. The number of hydrogen-bond donors (Lipinski definition) is 0. The van der Waals surface area contributed by atoms with Crippen LogP contribution >= 0.6 is 0 Å². The van der Waals surface area contributed by atoms with Gasteiger partial charge >= 0.3 is 0 Å². The van der Waals surface area contributed by atoms with E-state index in [0.29, 0.717) is 0 Å². The van der Waals surface area contributed by atoms with Gasteiger partial charge in [-0.3, -0.25) is 0 Å². The number of nitrogens with zero attached hydrogens (tertiary/aromatic N) is 1. The molecule has 2 rings (SSSR count). The van der Waals surface area contributed by atoms with Gasteiger partial charge in [-0.05, 0) is 36.1 Å². The van der Waals surface area contributed by atoms with Gasteiger partial charge < -0.3 is 4.74 Å². The van der Waals surface area contributed by atoms with E-state index in [4.69, 9.17) is 4.74 Å². The summed E-state index contributed by atoms with van der Waals surface area (Å²) in [5.74, 6) is 0.988. The van der Waals surface area contributed by atoms with Crippen molar-refractivity contribution in [3.63, 3.8) is 0 Å². The highest BCUT2D eigenvalue weighted by Crippen LogP contribution is 2.17. The van der Waals surface area contributed by atoms with E-state index in [0.717, 1.165) is 25.3 Å². The van der Waals surface area contributed by atoms with Gasteiger partial charge in [0.15, 0.2) is 12.4 Å². The third-order valence-corrected chi connectivity index (χ3v) is 9.80. The topological polar surface area (TPSA) is 13.1 Å². The molecule has 2 aromatic rings. The fraction of sp³-hybridized carbons (Fsp3) is 0.711. The van der Waals surface area contributed by atoms with Gasteiger partial charge in [0.2, 0.25) is 0 Å². The lowest BCUT2D eigenvalue weighted by Gasteiger charge is -2.07. The molecule has 0 unspecified atom stereocenters. The summed E-state index contributed by atoms with van der Waals surface area (Å²) in [6.45, 7) is 6.54. The zero-order valence-corrected chi connectivity index (χ0v) is 31.3. The van der Waals surface area contributed by atoms with E-state index in [1.807, 2.05) is 0 Å². The molecule has 2 heteroatoms. The number of unbranched alkanes of at least 4 members (excludes halogenated alkanes) is 26. The summed E-state index contributed by atoms with van der Waals surface area (Å²) in [4.78, 5) is 0. The Morgan fingerprint density at radius 1 is 0.404 bits per heavy atom. The summed E-state index contributed by atoms with van der Waals surface area (Å²) in [6.07, 6.45) is 48.2. The number of hydrogen-bond acceptors (Lipinski definition) is 1. The molecule has 2 nitrogen and oxygen atoms in total. The second kappa shape index (κ2) is 31.2. The number of rotatable bonds is 33. The fourth-order valence-corrected chi connectivity index (χ4v) is 6.57. The van der Waals surface area contributed by atoms with Gasteiger partial charge in [-0.2, -0.15) is 0 Å². The molecule has 0 bridgehead atoms. The first kappa shape index (κ1) is 41.1. The number of pyridine rings is 1. The van der Waals surface area contributed by atoms with E-state index < -0.39 is 0 Å². The smallest absolute Gasteiger partial charge is 0.169 e. The minimum Gasteiger partial charge on any atom is -0.494 e. The molecular weight excluding hydrogens is 571 g/mol. The van der Waals surface area contributed by atoms with E-state index in [1.165, 1.54) is 184 Å². The predicted octanol–water partition coefficient (Wildman–Crippen LogP) is 14.5. The van der Waals surface area contributed by atoms with E-state index in [1.54, 1.807) is 0 Å². The molecule has 1 aromatic heterocycles. The van der Waals surface area contributed by atoms with Crippen molar-refractivity contribution in [1.29, 1.82) is 0 Å². The van der Waals surface area contributed by atoms with Crippen molar-refractivity contribution in [3.05, 3.63) is 59.9 Å². The Hall–Kier alpha value is -2.09. The van der Waals surface area contributed by atoms with Gasteiger partial charge in [0.1, 0.15) is 12.3 Å². The summed E-state index contributed by atoms with van der Waals surface area (Å²) in [5.41, 5.74) is 2.46. The van der Waals surface area contributed by atoms with Crippen molar-refractivity contribution in [3.8, 4) is 5.75 Å². The minimum absolute atomic E-state index is 0.830. The van der Waals surface area contributed by atoms with E-state index >= 15 is 0 Å². The molecule has 1 aromatic carbocycles. The Kier molecular flexibility index (Phi) is 27.3. The lowest BCUT2D eigenvalue weighted by molar-refractivity contribution is -0.697. The molecule has 0 saturated carbocycles. The highest BCUT2D eigenvalue weighted by atomic mass is 16.5. The Balaban J connectivity index is 1.38. The van der Waals surface area contributed by atoms with Crippen LogP contribution in [0.4, 0.5) is 0 Å². The van der Waals surface area contributed by atoms with Crippen molar-refractivity contribution in [2.75, 3.05) is 6.61 Å². The van der Waals surface area contributed by atoms with Crippen LogP contribution < -0.4 is 9.30 Å². The summed E-state index contributed by atoms with van der Waals surface area (Å²) in [5, 5.41) is 0. The van der Waals surface area contributed by atoms with Crippen LogP contribution in [-0.4, -0.2) is 6.61 Å². The van der Waals surface area contributed by atoms with Gasteiger partial charge in [0.25, 0.3) is 0 Å². The molecular formula is C45H76NO+. The second-order valence-electron chi connectivity index (χ2n) is 14.3. The van der Waals surface area contributed by atoms with Crippen molar-refractivity contribution in [2.45, 2.75) is 200 Å². The zero-order valence-electron chi connectivity index (χ0n) is 31.3. The number of benzene rings is 1. The lowest BCUT2D eigenvalue weighted by atomic mass is 10.0. The minimum atomic E-state index is 0.830. The zero-order chi connectivity index (χ0) is 33.3. The van der Waals surface area contributed by atoms with Crippen molar-refractivity contribution >= 4 is 12.2 Å². The van der Waals surface area contributed by atoms with Crippen LogP contribution in [0.15, 0.2) is 48.8 Å². The van der Waals surface area contributed by atoms with Gasteiger partial charge in [-0.1, -0.05) is 199 Å². The van der Waals surface area contributed by atoms with Crippen LogP contribution in [0.1, 0.15) is 205 Å². The fourth-order valence-electron chi connectivity index (χ4n) is 6.57. The van der Waals surface area contributed by atoms with Gasteiger partial charge in [-0.15, -0.1) is 0 Å². The van der Waals surface area contributed by atoms with Gasteiger partial charge in [0.05, 0.1) is 6.61 Å². The highest BCUT2D eigenvalue weighted by molar-refractivity contribution is 5.69. The average molecular weight is 647 g/mol. The average Bonchev–Trinajstić information content (AvgIpc) is 3.10. The molecule has 0 saturated heterocycles. The molecule has 47 heavy (non-hydrogen) atoms. The molecule has 1 heterocycles. The predicted molar refractivity (Wildman–Crippen MR) is 208 cm³/mol. The van der Waals surface area contributed by atoms with Crippen LogP contribution in [0.3, 0.4) is 0 Å². The first-order chi connectivity index (χ1) is 23.3. The summed E-state index contributed by atoms with van der Waals surface area (Å²) in [7, 11) is 0. The van der Waals surface area contributed by atoms with Crippen LogP contribution in [-0.2, 0) is 6.54 Å². The molecule has 0 aliphatic heterocycles. The molecule has 0 aliphatic carbocycles. The first-order valence-corrected chi connectivity index (χ1v) is 20.7. The Morgan fingerprint density at radius 3 is 1.15 bits per heavy atom. The normalized spacial score (nSPS) is 11.5. The Labute approximate surface area is 293 Å². The maximum atomic E-state index is 6.02. The third kappa shape index (κ3) is 24.7. The SMILES string of the molecule is CCCCCCCCCCCCCCCCCCCCCCOc1ccc(C=Cc2cc[n+](CCCCCCCCCC)cc2)cc1. The van der Waals surface area contributed by atoms with Gasteiger partial charge in [0, 0.05) is 18.6 Å². The van der Waals surface area contributed by atoms with Crippen molar-refractivity contribution < 1.29 is 9.30 Å².